The molecule has 0 radical (unpaired) electrons. The molecule has 2 aromatic rings. The van der Waals surface area contributed by atoms with Crippen LogP contribution in [-0.2, 0) is 17.4 Å². The van der Waals surface area contributed by atoms with Crippen LogP contribution in [0, 0.1) is 5.92 Å². The Kier molecular flexibility index (Phi) is 5.61. The van der Waals surface area contributed by atoms with Crippen LogP contribution < -0.4 is 10.6 Å². The van der Waals surface area contributed by atoms with Crippen molar-refractivity contribution in [2.75, 3.05) is 18.4 Å². The third kappa shape index (κ3) is 4.64. The van der Waals surface area contributed by atoms with Crippen molar-refractivity contribution in [3.05, 3.63) is 65.2 Å². The molecule has 2 N–H and O–H groups in total. The smallest absolute Gasteiger partial charge is 0.326 e. The van der Waals surface area contributed by atoms with E-state index >= 15 is 0 Å². The van der Waals surface area contributed by atoms with Crippen molar-refractivity contribution in [2.24, 2.45) is 5.92 Å². The minimum absolute atomic E-state index is 0.00428. The minimum atomic E-state index is -4.33. The molecule has 1 amide bonds. The Hall–Kier alpha value is -2.34. The summed E-state index contributed by atoms with van der Waals surface area (Å²) < 4.78 is 38.0. The summed E-state index contributed by atoms with van der Waals surface area (Å²) >= 11 is 0. The average molecular weight is 362 g/mol. The summed E-state index contributed by atoms with van der Waals surface area (Å²) in [6.45, 7) is 1.68. The molecule has 0 aliphatic carbocycles. The fourth-order valence-electron chi connectivity index (χ4n) is 3.15. The maximum absolute atomic E-state index is 12.7. The van der Waals surface area contributed by atoms with Crippen molar-refractivity contribution >= 4 is 11.6 Å². The molecule has 3 nitrogen and oxygen atoms in total. The molecule has 1 fully saturated rings. The number of anilines is 1. The highest BCUT2D eigenvalue weighted by Crippen LogP contribution is 2.30. The first-order valence-corrected chi connectivity index (χ1v) is 8.69. The summed E-state index contributed by atoms with van der Waals surface area (Å²) in [6, 6.07) is 12.6. The third-order valence-electron chi connectivity index (χ3n) is 4.66. The molecule has 1 aliphatic heterocycles. The molecule has 0 saturated carbocycles. The largest absolute Gasteiger partial charge is 0.416 e. The maximum atomic E-state index is 12.7. The summed E-state index contributed by atoms with van der Waals surface area (Å²) in [6.07, 6.45) is -2.25. The Labute approximate surface area is 150 Å². The van der Waals surface area contributed by atoms with Gasteiger partial charge in [-0.2, -0.15) is 13.2 Å². The van der Waals surface area contributed by atoms with E-state index in [0.717, 1.165) is 54.9 Å². The number of amides is 1. The first-order chi connectivity index (χ1) is 12.4. The van der Waals surface area contributed by atoms with E-state index in [1.807, 2.05) is 24.3 Å². The van der Waals surface area contributed by atoms with E-state index in [2.05, 4.69) is 10.6 Å². The van der Waals surface area contributed by atoms with Gasteiger partial charge in [-0.15, -0.1) is 0 Å². The Bertz CT molecular complexity index is 750. The number of alkyl halides is 3. The number of para-hydroxylation sites is 1. The Morgan fingerprint density at radius 2 is 1.69 bits per heavy atom. The van der Waals surface area contributed by atoms with Gasteiger partial charge >= 0.3 is 6.18 Å². The van der Waals surface area contributed by atoms with E-state index < -0.39 is 11.7 Å². The van der Waals surface area contributed by atoms with Crippen molar-refractivity contribution in [1.29, 1.82) is 0 Å². The molecule has 0 aromatic heterocycles. The first-order valence-electron chi connectivity index (χ1n) is 8.69. The van der Waals surface area contributed by atoms with Gasteiger partial charge in [0.15, 0.2) is 0 Å². The van der Waals surface area contributed by atoms with E-state index in [4.69, 9.17) is 0 Å². The van der Waals surface area contributed by atoms with Gasteiger partial charge in [0.05, 0.1) is 5.56 Å². The van der Waals surface area contributed by atoms with Crippen LogP contribution in [0.15, 0.2) is 48.5 Å². The molecule has 138 valence electrons. The zero-order valence-electron chi connectivity index (χ0n) is 14.3. The van der Waals surface area contributed by atoms with Crippen LogP contribution in [0.3, 0.4) is 0 Å². The number of carbonyl (C=O) groups is 1. The van der Waals surface area contributed by atoms with Gasteiger partial charge in [0, 0.05) is 11.6 Å². The normalized spacial score (nSPS) is 15.7. The molecule has 0 spiro atoms. The second-order valence-corrected chi connectivity index (χ2v) is 6.54. The fourth-order valence-corrected chi connectivity index (χ4v) is 3.15. The molecule has 26 heavy (non-hydrogen) atoms. The standard InChI is InChI=1S/C20H21F3N2O/c21-20(22,23)17-7-5-14(6-8-17)13-16-3-1-2-4-18(16)25-19(26)15-9-11-24-12-10-15/h1-8,15,24H,9-13H2,(H,25,26). The van der Waals surface area contributed by atoms with Gasteiger partial charge < -0.3 is 10.6 Å². The van der Waals surface area contributed by atoms with Gasteiger partial charge in [-0.3, -0.25) is 4.79 Å². The zero-order valence-corrected chi connectivity index (χ0v) is 14.3. The molecule has 1 aliphatic rings. The monoisotopic (exact) mass is 362 g/mol. The zero-order chi connectivity index (χ0) is 18.6. The second kappa shape index (κ2) is 7.91. The van der Waals surface area contributed by atoms with Crippen molar-refractivity contribution in [3.63, 3.8) is 0 Å². The first kappa shape index (κ1) is 18.5. The van der Waals surface area contributed by atoms with E-state index in [-0.39, 0.29) is 11.8 Å². The lowest BCUT2D eigenvalue weighted by Crippen LogP contribution is -2.34. The summed E-state index contributed by atoms with van der Waals surface area (Å²) in [4.78, 5) is 12.5. The topological polar surface area (TPSA) is 41.1 Å². The van der Waals surface area contributed by atoms with E-state index in [1.54, 1.807) is 0 Å². The average Bonchev–Trinajstić information content (AvgIpc) is 2.64. The fraction of sp³-hybridized carbons (Fsp3) is 0.350. The summed E-state index contributed by atoms with van der Waals surface area (Å²) in [5.74, 6) is 0.00162. The lowest BCUT2D eigenvalue weighted by atomic mass is 9.96. The SMILES string of the molecule is O=C(Nc1ccccc1Cc1ccc(C(F)(F)F)cc1)C1CCNCC1. The van der Waals surface area contributed by atoms with Crippen LogP contribution in [0.4, 0.5) is 18.9 Å². The van der Waals surface area contributed by atoms with E-state index in [9.17, 15) is 18.0 Å². The molecule has 0 unspecified atom stereocenters. The van der Waals surface area contributed by atoms with Gasteiger partial charge in [0.2, 0.25) is 5.91 Å². The molecule has 1 heterocycles. The minimum Gasteiger partial charge on any atom is -0.326 e. The molecule has 6 heteroatoms. The molecule has 0 atom stereocenters. The maximum Gasteiger partial charge on any atom is 0.416 e. The van der Waals surface area contributed by atoms with Crippen LogP contribution >= 0.6 is 0 Å². The molecular formula is C20H21F3N2O. The Morgan fingerprint density at radius 3 is 2.35 bits per heavy atom. The number of piperidine rings is 1. The molecule has 3 rings (SSSR count). The highest BCUT2D eigenvalue weighted by atomic mass is 19.4. The Morgan fingerprint density at radius 1 is 1.04 bits per heavy atom. The van der Waals surface area contributed by atoms with Crippen molar-refractivity contribution < 1.29 is 18.0 Å². The number of hydrogen-bond donors (Lipinski definition) is 2. The van der Waals surface area contributed by atoms with E-state index in [0.29, 0.717) is 6.42 Å². The third-order valence-corrected chi connectivity index (χ3v) is 4.66. The number of carbonyl (C=O) groups excluding carboxylic acids is 1. The van der Waals surface area contributed by atoms with Crippen LogP contribution in [0.1, 0.15) is 29.5 Å². The number of halogens is 3. The predicted octanol–water partition coefficient (Wildman–Crippen LogP) is 4.23. The van der Waals surface area contributed by atoms with Gasteiger partial charge in [-0.05, 0) is 61.7 Å². The highest BCUT2D eigenvalue weighted by Gasteiger charge is 2.30. The van der Waals surface area contributed by atoms with Crippen molar-refractivity contribution in [3.8, 4) is 0 Å². The second-order valence-electron chi connectivity index (χ2n) is 6.54. The van der Waals surface area contributed by atoms with Gasteiger partial charge in [0.1, 0.15) is 0 Å². The van der Waals surface area contributed by atoms with Crippen LogP contribution in [0.25, 0.3) is 0 Å². The summed E-state index contributed by atoms with van der Waals surface area (Å²) in [5.41, 5.74) is 1.71. The van der Waals surface area contributed by atoms with Crippen LogP contribution in [-0.4, -0.2) is 19.0 Å². The summed E-state index contributed by atoms with van der Waals surface area (Å²) in [5, 5.41) is 6.22. The van der Waals surface area contributed by atoms with Crippen molar-refractivity contribution in [1.82, 2.24) is 5.32 Å². The van der Waals surface area contributed by atoms with Crippen LogP contribution in [0.5, 0.6) is 0 Å². The van der Waals surface area contributed by atoms with Gasteiger partial charge in [-0.25, -0.2) is 0 Å². The number of rotatable bonds is 4. The number of hydrogen-bond acceptors (Lipinski definition) is 2. The lowest BCUT2D eigenvalue weighted by Gasteiger charge is -2.22. The molecule has 2 aromatic carbocycles. The quantitative estimate of drug-likeness (QED) is 0.854. The predicted molar refractivity (Wildman–Crippen MR) is 94.9 cm³/mol. The molecule has 0 bridgehead atoms. The molecule has 1 saturated heterocycles. The van der Waals surface area contributed by atoms with E-state index in [1.165, 1.54) is 12.1 Å². The molecular weight excluding hydrogens is 341 g/mol. The number of nitrogens with one attached hydrogen (secondary N) is 2. The Balaban J connectivity index is 1.71. The van der Waals surface area contributed by atoms with Gasteiger partial charge in [-0.1, -0.05) is 30.3 Å². The summed E-state index contributed by atoms with van der Waals surface area (Å²) in [7, 11) is 0. The lowest BCUT2D eigenvalue weighted by molar-refractivity contribution is -0.137. The van der Waals surface area contributed by atoms with Crippen molar-refractivity contribution in [2.45, 2.75) is 25.4 Å². The van der Waals surface area contributed by atoms with Gasteiger partial charge in [0.25, 0.3) is 0 Å². The van der Waals surface area contributed by atoms with Crippen LogP contribution in [0.2, 0.25) is 0 Å². The number of benzene rings is 2. The highest BCUT2D eigenvalue weighted by molar-refractivity contribution is 5.93.